The number of hydrogen-bond donors (Lipinski definition) is 0. The predicted octanol–water partition coefficient (Wildman–Crippen LogP) is 5.40. The van der Waals surface area contributed by atoms with E-state index in [1.165, 1.54) is 6.20 Å². The molecule has 0 amide bonds. The second-order valence-electron chi connectivity index (χ2n) is 7.46. The van der Waals surface area contributed by atoms with Gasteiger partial charge in [0.25, 0.3) is 0 Å². The lowest BCUT2D eigenvalue weighted by molar-refractivity contribution is 0.103. The minimum atomic E-state index is -0.565. The minimum absolute atomic E-state index is 0.224. The Morgan fingerprint density at radius 2 is 1.56 bits per heavy atom. The first-order chi connectivity index (χ1) is 15.4. The second kappa shape index (κ2) is 9.24. The third-order valence-electron chi connectivity index (χ3n) is 5.02. The van der Waals surface area contributed by atoms with Crippen molar-refractivity contribution in [2.24, 2.45) is 5.10 Å². The van der Waals surface area contributed by atoms with E-state index >= 15 is 0 Å². The molecule has 1 aromatic heterocycles. The molecule has 0 aliphatic carbocycles. The lowest BCUT2D eigenvalue weighted by atomic mass is 9.98. The van der Waals surface area contributed by atoms with Crippen molar-refractivity contribution >= 4 is 27.9 Å². The van der Waals surface area contributed by atoms with Crippen molar-refractivity contribution in [2.75, 3.05) is 0 Å². The van der Waals surface area contributed by atoms with Crippen LogP contribution in [-0.2, 0) is 0 Å². The van der Waals surface area contributed by atoms with Gasteiger partial charge in [0.05, 0.1) is 17.5 Å². The summed E-state index contributed by atoms with van der Waals surface area (Å²) < 4.78 is 1.94. The fraction of sp³-hybridized carbons (Fsp3) is 0.0769. The number of carbonyl (C=O) groups is 1. The molecule has 0 radical (unpaired) electrons. The second-order valence-corrected chi connectivity index (χ2v) is 8.31. The minimum Gasteiger partial charge on any atom is -0.288 e. The Morgan fingerprint density at radius 3 is 2.22 bits per heavy atom. The smallest absolute Gasteiger partial charge is 0.288 e. The number of aryl methyl sites for hydroxylation is 2. The van der Waals surface area contributed by atoms with Crippen LogP contribution in [0.1, 0.15) is 32.6 Å². The number of benzene rings is 3. The third kappa shape index (κ3) is 4.65. The van der Waals surface area contributed by atoms with Crippen molar-refractivity contribution in [3.8, 4) is 11.3 Å². The highest BCUT2D eigenvalue weighted by Crippen LogP contribution is 2.23. The molecule has 0 unspecified atom stereocenters. The van der Waals surface area contributed by atoms with E-state index < -0.39 is 5.69 Å². The van der Waals surface area contributed by atoms with Crippen LogP contribution in [0.15, 0.2) is 93.4 Å². The zero-order valence-corrected chi connectivity index (χ0v) is 19.2. The number of halogens is 1. The van der Waals surface area contributed by atoms with Crippen LogP contribution in [0, 0.1) is 13.8 Å². The Bertz CT molecular complexity index is 1370. The first kappa shape index (κ1) is 21.6. The average molecular weight is 486 g/mol. The summed E-state index contributed by atoms with van der Waals surface area (Å²) in [6.45, 7) is 3.94. The van der Waals surface area contributed by atoms with Crippen LogP contribution >= 0.6 is 15.9 Å². The maximum atomic E-state index is 13.4. The number of rotatable bonds is 5. The molecular weight excluding hydrogens is 466 g/mol. The van der Waals surface area contributed by atoms with Gasteiger partial charge >= 0.3 is 5.69 Å². The molecule has 0 spiro atoms. The van der Waals surface area contributed by atoms with Gasteiger partial charge in [-0.25, -0.2) is 4.79 Å². The van der Waals surface area contributed by atoms with Crippen LogP contribution < -0.4 is 5.69 Å². The first-order valence-electron chi connectivity index (χ1n) is 10.0. The van der Waals surface area contributed by atoms with Crippen LogP contribution in [0.4, 0.5) is 0 Å². The monoisotopic (exact) mass is 485 g/mol. The predicted molar refractivity (Wildman–Crippen MR) is 130 cm³/mol. The van der Waals surface area contributed by atoms with Crippen molar-refractivity contribution < 1.29 is 4.79 Å². The molecule has 6 heteroatoms. The standard InChI is InChI=1S/C26H20BrN3O2/c1-17-7-11-19(12-8-17)24-22(25(31)20-13-9-18(2)10-14-20)16-30(26(32)29-24)28-15-21-5-3-4-6-23(21)27/h3-16H,1-2H3/b28-15+. The molecule has 0 atom stereocenters. The van der Waals surface area contributed by atoms with Crippen LogP contribution in [0.2, 0.25) is 0 Å². The zero-order chi connectivity index (χ0) is 22.7. The lowest BCUT2D eigenvalue weighted by Gasteiger charge is -2.10. The largest absolute Gasteiger partial charge is 0.368 e. The van der Waals surface area contributed by atoms with Crippen molar-refractivity contribution in [2.45, 2.75) is 13.8 Å². The molecule has 0 saturated heterocycles. The Kier molecular flexibility index (Phi) is 6.23. The van der Waals surface area contributed by atoms with Crippen LogP contribution in [-0.4, -0.2) is 21.7 Å². The Morgan fingerprint density at radius 1 is 0.938 bits per heavy atom. The van der Waals surface area contributed by atoms with Gasteiger partial charge in [-0.05, 0) is 19.9 Å². The molecule has 0 fully saturated rings. The number of nitrogens with zero attached hydrogens (tertiary/aromatic N) is 3. The molecule has 0 aliphatic heterocycles. The quantitative estimate of drug-likeness (QED) is 0.280. The van der Waals surface area contributed by atoms with E-state index in [1.807, 2.05) is 74.5 Å². The van der Waals surface area contributed by atoms with Crippen molar-refractivity contribution in [3.63, 3.8) is 0 Å². The highest BCUT2D eigenvalue weighted by atomic mass is 79.9. The average Bonchev–Trinajstić information content (AvgIpc) is 2.79. The number of ketones is 1. The normalized spacial score (nSPS) is 11.1. The topological polar surface area (TPSA) is 64.3 Å². The van der Waals surface area contributed by atoms with E-state index in [0.29, 0.717) is 22.4 Å². The van der Waals surface area contributed by atoms with Crippen molar-refractivity contribution in [1.82, 2.24) is 9.66 Å². The summed E-state index contributed by atoms with van der Waals surface area (Å²) in [5.41, 5.74) is 4.23. The highest BCUT2D eigenvalue weighted by molar-refractivity contribution is 9.10. The molecule has 3 aromatic carbocycles. The van der Waals surface area contributed by atoms with Gasteiger partial charge in [0.1, 0.15) is 0 Å². The summed E-state index contributed by atoms with van der Waals surface area (Å²) in [6.07, 6.45) is 3.01. The molecule has 4 aromatic rings. The van der Waals surface area contributed by atoms with E-state index in [4.69, 9.17) is 0 Å². The number of hydrogen-bond acceptors (Lipinski definition) is 4. The fourth-order valence-corrected chi connectivity index (χ4v) is 3.58. The summed E-state index contributed by atoms with van der Waals surface area (Å²) in [5, 5.41) is 4.27. The molecule has 0 bridgehead atoms. The van der Waals surface area contributed by atoms with E-state index in [-0.39, 0.29) is 5.78 Å². The summed E-state index contributed by atoms with van der Waals surface area (Å²) >= 11 is 3.46. The molecule has 1 heterocycles. The molecule has 0 N–H and O–H groups in total. The van der Waals surface area contributed by atoms with E-state index in [9.17, 15) is 9.59 Å². The van der Waals surface area contributed by atoms with E-state index in [1.54, 1.807) is 18.3 Å². The van der Waals surface area contributed by atoms with Gasteiger partial charge in [-0.15, -0.1) is 0 Å². The molecule has 32 heavy (non-hydrogen) atoms. The van der Waals surface area contributed by atoms with Crippen LogP contribution in [0.5, 0.6) is 0 Å². The van der Waals surface area contributed by atoms with Crippen molar-refractivity contribution in [3.05, 3.63) is 122 Å². The van der Waals surface area contributed by atoms with Crippen molar-refractivity contribution in [1.29, 1.82) is 0 Å². The zero-order valence-electron chi connectivity index (χ0n) is 17.6. The molecule has 5 nitrogen and oxygen atoms in total. The van der Waals surface area contributed by atoms with Gasteiger partial charge in [0.15, 0.2) is 5.78 Å². The van der Waals surface area contributed by atoms with Gasteiger partial charge < -0.3 is 0 Å². The van der Waals surface area contributed by atoms with Gasteiger partial charge in [0, 0.05) is 27.4 Å². The highest BCUT2D eigenvalue weighted by Gasteiger charge is 2.19. The maximum absolute atomic E-state index is 13.4. The molecular formula is C26H20BrN3O2. The van der Waals surface area contributed by atoms with Gasteiger partial charge in [0.2, 0.25) is 0 Å². The van der Waals surface area contributed by atoms with Crippen LogP contribution in [0.3, 0.4) is 0 Å². The summed E-state index contributed by atoms with van der Waals surface area (Å²) in [7, 11) is 0. The molecule has 0 aliphatic rings. The Hall–Kier alpha value is -3.64. The van der Waals surface area contributed by atoms with Gasteiger partial charge in [-0.2, -0.15) is 14.8 Å². The van der Waals surface area contributed by atoms with E-state index in [2.05, 4.69) is 26.0 Å². The first-order valence-corrected chi connectivity index (χ1v) is 10.8. The fourth-order valence-electron chi connectivity index (χ4n) is 3.19. The van der Waals surface area contributed by atoms with Gasteiger partial charge in [-0.1, -0.05) is 93.8 Å². The molecule has 0 saturated carbocycles. The molecule has 4 rings (SSSR count). The van der Waals surface area contributed by atoms with Gasteiger partial charge in [-0.3, -0.25) is 4.79 Å². The summed E-state index contributed by atoms with van der Waals surface area (Å²) in [5.74, 6) is -0.224. The third-order valence-corrected chi connectivity index (χ3v) is 5.74. The summed E-state index contributed by atoms with van der Waals surface area (Å²) in [4.78, 5) is 30.4. The number of aromatic nitrogens is 2. The van der Waals surface area contributed by atoms with E-state index in [0.717, 1.165) is 25.8 Å². The Labute approximate surface area is 194 Å². The maximum Gasteiger partial charge on any atom is 0.368 e. The summed E-state index contributed by atoms with van der Waals surface area (Å²) in [6, 6.07) is 22.4. The Balaban J connectivity index is 1.85. The molecule has 158 valence electrons. The van der Waals surface area contributed by atoms with Crippen LogP contribution in [0.25, 0.3) is 11.3 Å². The lowest BCUT2D eigenvalue weighted by Crippen LogP contribution is -2.23. The SMILES string of the molecule is Cc1ccc(C(=O)c2cn(/N=C/c3ccccc3Br)c(=O)nc2-c2ccc(C)cc2)cc1. The number of carbonyl (C=O) groups excluding carboxylic acids is 1.